The van der Waals surface area contributed by atoms with Crippen LogP contribution in [0.15, 0.2) is 18.2 Å². The van der Waals surface area contributed by atoms with E-state index in [9.17, 15) is 0 Å². The number of hydrogen-bond acceptors (Lipinski definition) is 3. The van der Waals surface area contributed by atoms with Crippen molar-refractivity contribution in [3.8, 4) is 0 Å². The van der Waals surface area contributed by atoms with Gasteiger partial charge >= 0.3 is 0 Å². The molecule has 0 saturated heterocycles. The molecule has 0 aliphatic heterocycles. The fourth-order valence-corrected chi connectivity index (χ4v) is 2.77. The fourth-order valence-electron chi connectivity index (χ4n) is 2.77. The molecule has 0 bridgehead atoms. The Morgan fingerprint density at radius 3 is 2.67 bits per heavy atom. The maximum absolute atomic E-state index is 4.59. The number of anilines is 1. The van der Waals surface area contributed by atoms with Crippen molar-refractivity contribution >= 4 is 5.82 Å². The monoisotopic (exact) mass is 247 g/mol. The van der Waals surface area contributed by atoms with Gasteiger partial charge < -0.3 is 5.32 Å². The van der Waals surface area contributed by atoms with E-state index in [0.29, 0.717) is 0 Å². The van der Waals surface area contributed by atoms with E-state index >= 15 is 0 Å². The van der Waals surface area contributed by atoms with Gasteiger partial charge in [-0.1, -0.05) is 13.0 Å². The lowest BCUT2D eigenvalue weighted by atomic mass is 9.87. The minimum Gasteiger partial charge on any atom is -0.373 e. The van der Waals surface area contributed by atoms with E-state index in [1.807, 2.05) is 13.1 Å². The minimum absolute atomic E-state index is 0.737. The zero-order valence-electron chi connectivity index (χ0n) is 11.8. The van der Waals surface area contributed by atoms with E-state index in [1.54, 1.807) is 0 Å². The molecule has 0 unspecified atom stereocenters. The molecule has 1 saturated carbocycles. The Kier molecular flexibility index (Phi) is 4.59. The molecule has 2 rings (SSSR count). The van der Waals surface area contributed by atoms with E-state index in [-0.39, 0.29) is 0 Å². The highest BCUT2D eigenvalue weighted by atomic mass is 15.1. The first kappa shape index (κ1) is 13.3. The molecule has 0 radical (unpaired) electrons. The molecule has 1 heterocycles. The molecule has 3 nitrogen and oxygen atoms in total. The molecular formula is C15H25N3. The number of pyridine rings is 1. The van der Waals surface area contributed by atoms with Gasteiger partial charge in [0, 0.05) is 19.6 Å². The standard InChI is InChI=1S/C15H25N3/c1-12-7-9-14(10-8-12)18(3)11-13-5-4-6-15(16-2)17-13/h4-6,12,14H,7-11H2,1-3H3,(H,16,17). The molecule has 1 N–H and O–H groups in total. The Bertz CT molecular complexity index is 370. The lowest BCUT2D eigenvalue weighted by molar-refractivity contribution is 0.162. The van der Waals surface area contributed by atoms with Gasteiger partial charge in [-0.25, -0.2) is 4.98 Å². The second kappa shape index (κ2) is 6.19. The van der Waals surface area contributed by atoms with Gasteiger partial charge in [-0.3, -0.25) is 4.90 Å². The van der Waals surface area contributed by atoms with Gasteiger partial charge in [-0.2, -0.15) is 0 Å². The maximum atomic E-state index is 4.59. The second-order valence-corrected chi connectivity index (χ2v) is 5.59. The van der Waals surface area contributed by atoms with E-state index in [1.165, 1.54) is 25.7 Å². The molecule has 18 heavy (non-hydrogen) atoms. The van der Waals surface area contributed by atoms with Crippen molar-refractivity contribution in [1.82, 2.24) is 9.88 Å². The lowest BCUT2D eigenvalue weighted by Crippen LogP contribution is -2.34. The third-order valence-electron chi connectivity index (χ3n) is 4.08. The Hall–Kier alpha value is -1.09. The van der Waals surface area contributed by atoms with Crippen molar-refractivity contribution < 1.29 is 0 Å². The van der Waals surface area contributed by atoms with Crippen LogP contribution in [0.1, 0.15) is 38.3 Å². The van der Waals surface area contributed by atoms with Crippen molar-refractivity contribution in [3.63, 3.8) is 0 Å². The number of hydrogen-bond donors (Lipinski definition) is 1. The number of nitrogens with zero attached hydrogens (tertiary/aromatic N) is 2. The minimum atomic E-state index is 0.737. The van der Waals surface area contributed by atoms with Gasteiger partial charge in [-0.15, -0.1) is 0 Å². The van der Waals surface area contributed by atoms with E-state index < -0.39 is 0 Å². The van der Waals surface area contributed by atoms with Gasteiger partial charge in [0.15, 0.2) is 0 Å². The summed E-state index contributed by atoms with van der Waals surface area (Å²) < 4.78 is 0. The van der Waals surface area contributed by atoms with Crippen LogP contribution in [-0.2, 0) is 6.54 Å². The number of rotatable bonds is 4. The lowest BCUT2D eigenvalue weighted by Gasteiger charge is -2.33. The molecule has 1 aliphatic carbocycles. The number of nitrogens with one attached hydrogen (secondary N) is 1. The third kappa shape index (κ3) is 3.45. The molecule has 1 aliphatic rings. The predicted octanol–water partition coefficient (Wildman–Crippen LogP) is 3.13. The topological polar surface area (TPSA) is 28.2 Å². The van der Waals surface area contributed by atoms with Crippen molar-refractivity contribution in [3.05, 3.63) is 23.9 Å². The van der Waals surface area contributed by atoms with Crippen molar-refractivity contribution in [2.45, 2.75) is 45.2 Å². The number of aromatic nitrogens is 1. The summed E-state index contributed by atoms with van der Waals surface area (Å²) in [4.78, 5) is 7.05. The molecule has 0 aromatic carbocycles. The first-order chi connectivity index (χ1) is 8.69. The molecule has 1 aromatic rings. The molecule has 0 spiro atoms. The van der Waals surface area contributed by atoms with Gasteiger partial charge in [0.05, 0.1) is 5.69 Å². The van der Waals surface area contributed by atoms with Crippen molar-refractivity contribution in [2.75, 3.05) is 19.4 Å². The SMILES string of the molecule is CNc1cccc(CN(C)C2CCC(C)CC2)n1. The van der Waals surface area contributed by atoms with Crippen molar-refractivity contribution in [2.24, 2.45) is 5.92 Å². The summed E-state index contributed by atoms with van der Waals surface area (Å²) in [6, 6.07) is 6.93. The van der Waals surface area contributed by atoms with Gasteiger partial charge in [-0.05, 0) is 50.8 Å². The molecule has 100 valence electrons. The van der Waals surface area contributed by atoms with Crippen LogP contribution in [0.4, 0.5) is 5.82 Å². The Morgan fingerprint density at radius 1 is 1.28 bits per heavy atom. The highest BCUT2D eigenvalue weighted by Gasteiger charge is 2.21. The summed E-state index contributed by atoms with van der Waals surface area (Å²) >= 11 is 0. The first-order valence-corrected chi connectivity index (χ1v) is 7.03. The molecular weight excluding hydrogens is 222 g/mol. The van der Waals surface area contributed by atoms with Gasteiger partial charge in [0.25, 0.3) is 0 Å². The fraction of sp³-hybridized carbons (Fsp3) is 0.667. The van der Waals surface area contributed by atoms with Crippen LogP contribution in [-0.4, -0.2) is 30.0 Å². The molecule has 0 amide bonds. The molecule has 0 atom stereocenters. The Labute approximate surface area is 111 Å². The zero-order valence-corrected chi connectivity index (χ0v) is 11.8. The van der Waals surface area contributed by atoms with E-state index in [0.717, 1.165) is 30.0 Å². The van der Waals surface area contributed by atoms with Crippen LogP contribution < -0.4 is 5.32 Å². The average Bonchev–Trinajstić information content (AvgIpc) is 2.39. The molecule has 1 fully saturated rings. The maximum Gasteiger partial charge on any atom is 0.126 e. The predicted molar refractivity (Wildman–Crippen MR) is 76.7 cm³/mol. The summed E-state index contributed by atoms with van der Waals surface area (Å²) in [6.07, 6.45) is 5.42. The van der Waals surface area contributed by atoms with Crippen LogP contribution in [0.2, 0.25) is 0 Å². The molecule has 3 heteroatoms. The average molecular weight is 247 g/mol. The van der Waals surface area contributed by atoms with Crippen LogP contribution in [0, 0.1) is 5.92 Å². The quantitative estimate of drug-likeness (QED) is 0.886. The van der Waals surface area contributed by atoms with Crippen molar-refractivity contribution in [1.29, 1.82) is 0 Å². The highest BCUT2D eigenvalue weighted by molar-refractivity contribution is 5.34. The summed E-state index contributed by atoms with van der Waals surface area (Å²) in [5, 5.41) is 3.10. The summed E-state index contributed by atoms with van der Waals surface area (Å²) in [6.45, 7) is 3.32. The van der Waals surface area contributed by atoms with Crippen LogP contribution in [0.3, 0.4) is 0 Å². The first-order valence-electron chi connectivity index (χ1n) is 7.03. The second-order valence-electron chi connectivity index (χ2n) is 5.59. The smallest absolute Gasteiger partial charge is 0.126 e. The highest BCUT2D eigenvalue weighted by Crippen LogP contribution is 2.27. The van der Waals surface area contributed by atoms with E-state index in [4.69, 9.17) is 0 Å². The Balaban J connectivity index is 1.91. The van der Waals surface area contributed by atoms with Gasteiger partial charge in [0.2, 0.25) is 0 Å². The van der Waals surface area contributed by atoms with E-state index in [2.05, 4.69) is 41.3 Å². The summed E-state index contributed by atoms with van der Waals surface area (Å²) in [5.41, 5.74) is 1.16. The summed E-state index contributed by atoms with van der Waals surface area (Å²) in [7, 11) is 4.15. The van der Waals surface area contributed by atoms with Gasteiger partial charge in [0.1, 0.15) is 5.82 Å². The zero-order chi connectivity index (χ0) is 13.0. The molecule has 1 aromatic heterocycles. The van der Waals surface area contributed by atoms with Crippen LogP contribution in [0.25, 0.3) is 0 Å². The van der Waals surface area contributed by atoms with Crippen LogP contribution in [0.5, 0.6) is 0 Å². The normalized spacial score (nSPS) is 24.2. The summed E-state index contributed by atoms with van der Waals surface area (Å²) in [5.74, 6) is 1.87. The van der Waals surface area contributed by atoms with Crippen LogP contribution >= 0.6 is 0 Å². The largest absolute Gasteiger partial charge is 0.373 e. The third-order valence-corrected chi connectivity index (χ3v) is 4.08. The Morgan fingerprint density at radius 2 is 2.00 bits per heavy atom.